The van der Waals surface area contributed by atoms with Crippen LogP contribution in [0.4, 0.5) is 11.5 Å². The van der Waals surface area contributed by atoms with Gasteiger partial charge in [0.25, 0.3) is 0 Å². The number of carbonyl (C=O) groups is 1. The molecule has 1 aromatic carbocycles. The van der Waals surface area contributed by atoms with Gasteiger partial charge in [-0.15, -0.1) is 0 Å². The molecule has 34 heavy (non-hydrogen) atoms. The molecule has 3 aromatic rings. The third-order valence-electron chi connectivity index (χ3n) is 7.20. The summed E-state index contributed by atoms with van der Waals surface area (Å²) in [5.74, 6) is 1.42. The summed E-state index contributed by atoms with van der Waals surface area (Å²) in [5, 5.41) is 7.92. The first-order valence-corrected chi connectivity index (χ1v) is 12.4. The number of fused-ring (bicyclic) bond motifs is 1. The molecule has 0 unspecified atom stereocenters. The summed E-state index contributed by atoms with van der Waals surface area (Å²) in [6.07, 6.45) is 7.56. The van der Waals surface area contributed by atoms with Crippen LogP contribution in [0.3, 0.4) is 0 Å². The molecule has 0 atom stereocenters. The molecule has 2 N–H and O–H groups in total. The van der Waals surface area contributed by atoms with Crippen LogP contribution in [0.1, 0.15) is 31.2 Å². The van der Waals surface area contributed by atoms with Crippen molar-refractivity contribution in [1.82, 2.24) is 19.8 Å². The quantitative estimate of drug-likeness (QED) is 0.582. The summed E-state index contributed by atoms with van der Waals surface area (Å²) in [6, 6.07) is 15.0. The molecule has 0 spiro atoms. The normalized spacial score (nSPS) is 18.2. The summed E-state index contributed by atoms with van der Waals surface area (Å²) < 4.78 is 0. The number of likely N-dealkylation sites (tertiary alicyclic amines) is 2. The highest BCUT2D eigenvalue weighted by Gasteiger charge is 2.31. The van der Waals surface area contributed by atoms with E-state index in [4.69, 9.17) is 0 Å². The topological polar surface area (TPSA) is 73.4 Å². The van der Waals surface area contributed by atoms with E-state index in [9.17, 15) is 4.79 Å². The number of anilines is 2. The van der Waals surface area contributed by atoms with Gasteiger partial charge in [-0.25, -0.2) is 4.98 Å². The predicted molar refractivity (Wildman–Crippen MR) is 137 cm³/mol. The van der Waals surface area contributed by atoms with Crippen molar-refractivity contribution in [2.45, 2.75) is 38.3 Å². The minimum atomic E-state index is 0.166. The fourth-order valence-electron chi connectivity index (χ4n) is 5.21. The van der Waals surface area contributed by atoms with Crippen molar-refractivity contribution in [3.05, 3.63) is 60.4 Å². The monoisotopic (exact) mass is 458 g/mol. The van der Waals surface area contributed by atoms with E-state index in [0.29, 0.717) is 11.9 Å². The number of nitrogens with zero attached hydrogens (tertiary/aromatic N) is 4. The number of carbonyl (C=O) groups excluding carboxylic acids is 1. The van der Waals surface area contributed by atoms with E-state index in [-0.39, 0.29) is 5.92 Å². The number of benzene rings is 1. The second-order valence-corrected chi connectivity index (χ2v) is 9.50. The molecule has 2 aliphatic heterocycles. The minimum Gasteiger partial charge on any atom is -0.382 e. The molecule has 0 saturated carbocycles. The molecule has 5 rings (SSSR count). The van der Waals surface area contributed by atoms with Crippen molar-refractivity contribution in [3.8, 4) is 0 Å². The second-order valence-electron chi connectivity index (χ2n) is 9.50. The van der Waals surface area contributed by atoms with E-state index < -0.39 is 0 Å². The Morgan fingerprint density at radius 1 is 0.971 bits per heavy atom. The van der Waals surface area contributed by atoms with Crippen LogP contribution >= 0.6 is 0 Å². The Morgan fingerprint density at radius 3 is 2.59 bits per heavy atom. The van der Waals surface area contributed by atoms with Crippen molar-refractivity contribution in [2.24, 2.45) is 5.92 Å². The molecule has 0 aliphatic carbocycles. The van der Waals surface area contributed by atoms with Crippen molar-refractivity contribution >= 4 is 28.3 Å². The highest BCUT2D eigenvalue weighted by molar-refractivity contribution is 5.82. The zero-order valence-corrected chi connectivity index (χ0v) is 19.9. The lowest BCUT2D eigenvalue weighted by atomic mass is 9.93. The van der Waals surface area contributed by atoms with Gasteiger partial charge >= 0.3 is 0 Å². The van der Waals surface area contributed by atoms with E-state index in [2.05, 4.69) is 66.8 Å². The smallest absolute Gasteiger partial charge is 0.225 e. The Labute approximate surface area is 201 Å². The van der Waals surface area contributed by atoms with Crippen molar-refractivity contribution in [2.75, 3.05) is 43.9 Å². The largest absolute Gasteiger partial charge is 0.382 e. The summed E-state index contributed by atoms with van der Waals surface area (Å²) in [7, 11) is 1.89. The van der Waals surface area contributed by atoms with Gasteiger partial charge in [0.2, 0.25) is 5.91 Å². The zero-order chi connectivity index (χ0) is 23.3. The Balaban J connectivity index is 1.08. The van der Waals surface area contributed by atoms with Crippen molar-refractivity contribution in [3.63, 3.8) is 0 Å². The molecule has 2 aromatic heterocycles. The molecule has 0 bridgehead atoms. The predicted octanol–water partition coefficient (Wildman–Crippen LogP) is 3.99. The maximum Gasteiger partial charge on any atom is 0.225 e. The van der Waals surface area contributed by atoms with Crippen LogP contribution in [0, 0.1) is 5.92 Å². The molecule has 2 fully saturated rings. The van der Waals surface area contributed by atoms with E-state index >= 15 is 0 Å². The standard InChI is InChI=1S/C27H34N6O/c1-28-26-17-20(6-12-30-26)19-32-13-7-21(8-14-32)27(34)33-15-9-23(10-16-33)31-24-4-5-25-22(18-24)3-2-11-29-25/h2-6,11-12,17-18,21,23,31H,7-10,13-16,19H2,1H3,(H,28,30). The van der Waals surface area contributed by atoms with Crippen LogP contribution in [0.25, 0.3) is 10.9 Å². The molecule has 1 amide bonds. The average molecular weight is 459 g/mol. The van der Waals surface area contributed by atoms with Crippen molar-refractivity contribution < 1.29 is 4.79 Å². The molecule has 178 valence electrons. The third-order valence-corrected chi connectivity index (χ3v) is 7.20. The second kappa shape index (κ2) is 10.4. The van der Waals surface area contributed by atoms with Gasteiger partial charge < -0.3 is 15.5 Å². The van der Waals surface area contributed by atoms with E-state index in [0.717, 1.165) is 80.8 Å². The van der Waals surface area contributed by atoms with Gasteiger partial charge in [-0.2, -0.15) is 0 Å². The Kier molecular flexibility index (Phi) is 6.90. The molecule has 7 nitrogen and oxygen atoms in total. The van der Waals surface area contributed by atoms with Gasteiger partial charge in [-0.05, 0) is 80.7 Å². The Bertz CT molecular complexity index is 1120. The zero-order valence-electron chi connectivity index (χ0n) is 19.9. The minimum absolute atomic E-state index is 0.166. The number of aromatic nitrogens is 2. The number of pyridine rings is 2. The van der Waals surface area contributed by atoms with Gasteiger partial charge in [0.05, 0.1) is 5.52 Å². The molecular weight excluding hydrogens is 424 g/mol. The fraction of sp³-hybridized carbons (Fsp3) is 0.444. The lowest BCUT2D eigenvalue weighted by Crippen LogP contribution is -2.47. The fourth-order valence-corrected chi connectivity index (χ4v) is 5.21. The van der Waals surface area contributed by atoms with Crippen LogP contribution in [-0.2, 0) is 11.3 Å². The van der Waals surface area contributed by atoms with E-state index in [1.165, 1.54) is 5.56 Å². The van der Waals surface area contributed by atoms with Gasteiger partial charge in [-0.3, -0.25) is 14.7 Å². The first-order chi connectivity index (χ1) is 16.7. The number of rotatable bonds is 6. The molecule has 4 heterocycles. The summed E-state index contributed by atoms with van der Waals surface area (Å²) in [5.41, 5.74) is 3.41. The van der Waals surface area contributed by atoms with Gasteiger partial charge in [0, 0.05) is 62.1 Å². The lowest BCUT2D eigenvalue weighted by molar-refractivity contribution is -0.138. The molecule has 2 saturated heterocycles. The summed E-state index contributed by atoms with van der Waals surface area (Å²) in [6.45, 7) is 4.55. The molecule has 2 aliphatic rings. The third kappa shape index (κ3) is 5.30. The van der Waals surface area contributed by atoms with Crippen LogP contribution in [-0.4, -0.2) is 64.9 Å². The maximum atomic E-state index is 13.2. The molecule has 7 heteroatoms. The average Bonchev–Trinajstić information content (AvgIpc) is 2.89. The SMILES string of the molecule is CNc1cc(CN2CCC(C(=O)N3CCC(Nc4ccc5ncccc5c4)CC3)CC2)ccn1. The van der Waals surface area contributed by atoms with Gasteiger partial charge in [-0.1, -0.05) is 6.07 Å². The molecular formula is C27H34N6O. The maximum absolute atomic E-state index is 13.2. The van der Waals surface area contributed by atoms with Gasteiger partial charge in [0.15, 0.2) is 0 Å². The number of piperidine rings is 2. The van der Waals surface area contributed by atoms with Crippen LogP contribution in [0.15, 0.2) is 54.9 Å². The van der Waals surface area contributed by atoms with Crippen LogP contribution in [0.2, 0.25) is 0 Å². The van der Waals surface area contributed by atoms with E-state index in [1.54, 1.807) is 0 Å². The number of amides is 1. The van der Waals surface area contributed by atoms with Gasteiger partial charge in [0.1, 0.15) is 5.82 Å². The Morgan fingerprint density at radius 2 is 1.79 bits per heavy atom. The number of nitrogens with one attached hydrogen (secondary N) is 2. The number of hydrogen-bond donors (Lipinski definition) is 2. The summed E-state index contributed by atoms with van der Waals surface area (Å²) >= 11 is 0. The highest BCUT2D eigenvalue weighted by atomic mass is 16.2. The Hall–Kier alpha value is -3.19. The first-order valence-electron chi connectivity index (χ1n) is 12.4. The van der Waals surface area contributed by atoms with Crippen LogP contribution < -0.4 is 10.6 Å². The first kappa shape index (κ1) is 22.6. The number of hydrogen-bond acceptors (Lipinski definition) is 6. The van der Waals surface area contributed by atoms with Crippen LogP contribution in [0.5, 0.6) is 0 Å². The lowest BCUT2D eigenvalue weighted by Gasteiger charge is -2.37. The van der Waals surface area contributed by atoms with Crippen molar-refractivity contribution in [1.29, 1.82) is 0 Å². The highest BCUT2D eigenvalue weighted by Crippen LogP contribution is 2.25. The molecule has 0 radical (unpaired) electrons. The summed E-state index contributed by atoms with van der Waals surface area (Å²) in [4.78, 5) is 26.4. The van der Waals surface area contributed by atoms with E-state index in [1.807, 2.05) is 25.5 Å².